The van der Waals surface area contributed by atoms with E-state index in [1.807, 2.05) is 0 Å². The molecule has 0 saturated heterocycles. The van der Waals surface area contributed by atoms with Crippen molar-refractivity contribution >= 4 is 5.69 Å². The Kier molecular flexibility index (Phi) is 4.00. The van der Waals surface area contributed by atoms with Gasteiger partial charge in [0.1, 0.15) is 0 Å². The summed E-state index contributed by atoms with van der Waals surface area (Å²) in [6.07, 6.45) is 0. The van der Waals surface area contributed by atoms with Gasteiger partial charge < -0.3 is 9.47 Å². The van der Waals surface area contributed by atoms with Crippen molar-refractivity contribution in [3.63, 3.8) is 0 Å². The van der Waals surface area contributed by atoms with Crippen LogP contribution in [0.4, 0.5) is 10.1 Å². The summed E-state index contributed by atoms with van der Waals surface area (Å²) in [7, 11) is 1.36. The summed E-state index contributed by atoms with van der Waals surface area (Å²) in [6.45, 7) is 0. The standard InChI is InChI=1S/C14H9FN2O4/c1-20-13-5-3-10(17(18)19)7-14(13)21-12-4-2-9(8-16)6-11(12)15/h2-7H,1H3. The third-order valence-corrected chi connectivity index (χ3v) is 2.64. The average molecular weight is 288 g/mol. The van der Waals surface area contributed by atoms with Gasteiger partial charge in [0.2, 0.25) is 0 Å². The first-order valence-electron chi connectivity index (χ1n) is 5.75. The molecule has 7 heteroatoms. The first-order chi connectivity index (χ1) is 10.0. The molecule has 0 aliphatic carbocycles. The highest BCUT2D eigenvalue weighted by atomic mass is 19.1. The number of hydrogen-bond acceptors (Lipinski definition) is 5. The number of ether oxygens (including phenoxy) is 2. The molecular formula is C14H9FN2O4. The van der Waals surface area contributed by atoms with Gasteiger partial charge in [-0.25, -0.2) is 4.39 Å². The Bertz CT molecular complexity index is 740. The maximum absolute atomic E-state index is 13.8. The first kappa shape index (κ1) is 14.3. The predicted octanol–water partition coefficient (Wildman–Crippen LogP) is 3.41. The van der Waals surface area contributed by atoms with E-state index in [9.17, 15) is 14.5 Å². The molecule has 0 unspecified atom stereocenters. The van der Waals surface area contributed by atoms with Crippen molar-refractivity contribution in [3.8, 4) is 23.3 Å². The monoisotopic (exact) mass is 288 g/mol. The van der Waals surface area contributed by atoms with E-state index in [0.29, 0.717) is 0 Å². The molecule has 0 heterocycles. The van der Waals surface area contributed by atoms with Crippen LogP contribution in [0.3, 0.4) is 0 Å². The number of methoxy groups -OCH3 is 1. The highest BCUT2D eigenvalue weighted by Gasteiger charge is 2.15. The van der Waals surface area contributed by atoms with Crippen molar-refractivity contribution in [2.24, 2.45) is 0 Å². The third-order valence-electron chi connectivity index (χ3n) is 2.64. The molecule has 0 spiro atoms. The molecule has 0 atom stereocenters. The molecule has 0 bridgehead atoms. The molecule has 0 amide bonds. The number of non-ortho nitro benzene ring substituents is 1. The highest BCUT2D eigenvalue weighted by molar-refractivity contribution is 5.50. The van der Waals surface area contributed by atoms with Crippen LogP contribution in [-0.4, -0.2) is 12.0 Å². The summed E-state index contributed by atoms with van der Waals surface area (Å²) < 4.78 is 24.1. The SMILES string of the molecule is COc1ccc([N+](=O)[O-])cc1Oc1ccc(C#N)cc1F. The smallest absolute Gasteiger partial charge is 0.273 e. The Morgan fingerprint density at radius 1 is 1.19 bits per heavy atom. The van der Waals surface area contributed by atoms with Crippen LogP contribution in [0.15, 0.2) is 36.4 Å². The summed E-state index contributed by atoms with van der Waals surface area (Å²) in [5.41, 5.74) is -0.0642. The van der Waals surface area contributed by atoms with Gasteiger partial charge in [-0.05, 0) is 24.3 Å². The molecule has 2 rings (SSSR count). The number of halogens is 1. The number of hydrogen-bond donors (Lipinski definition) is 0. The van der Waals surface area contributed by atoms with E-state index < -0.39 is 10.7 Å². The Balaban J connectivity index is 2.40. The van der Waals surface area contributed by atoms with Gasteiger partial charge >= 0.3 is 0 Å². The lowest BCUT2D eigenvalue weighted by molar-refractivity contribution is -0.384. The number of benzene rings is 2. The zero-order valence-electron chi connectivity index (χ0n) is 10.9. The largest absolute Gasteiger partial charge is 0.493 e. The molecular weight excluding hydrogens is 279 g/mol. The summed E-state index contributed by atoms with van der Waals surface area (Å²) in [4.78, 5) is 10.2. The molecule has 106 valence electrons. The molecule has 2 aromatic carbocycles. The number of nitro groups is 1. The van der Waals surface area contributed by atoms with Crippen LogP contribution in [0, 0.1) is 27.3 Å². The predicted molar refractivity (Wildman–Crippen MR) is 70.8 cm³/mol. The van der Waals surface area contributed by atoms with Crippen LogP contribution >= 0.6 is 0 Å². The number of nitriles is 1. The fourth-order valence-corrected chi connectivity index (χ4v) is 1.63. The molecule has 0 aliphatic rings. The maximum atomic E-state index is 13.8. The molecule has 0 aromatic heterocycles. The second-order valence-corrected chi connectivity index (χ2v) is 3.95. The van der Waals surface area contributed by atoms with Crippen LogP contribution in [0.25, 0.3) is 0 Å². The Morgan fingerprint density at radius 2 is 1.90 bits per heavy atom. The van der Waals surface area contributed by atoms with Gasteiger partial charge in [0.15, 0.2) is 23.1 Å². The number of nitrogens with zero attached hydrogens (tertiary/aromatic N) is 2. The van der Waals surface area contributed by atoms with Crippen molar-refractivity contribution in [1.82, 2.24) is 0 Å². The van der Waals surface area contributed by atoms with Gasteiger partial charge in [-0.15, -0.1) is 0 Å². The zero-order chi connectivity index (χ0) is 15.4. The summed E-state index contributed by atoms with van der Waals surface area (Å²) in [5, 5.41) is 19.4. The molecule has 21 heavy (non-hydrogen) atoms. The van der Waals surface area contributed by atoms with Gasteiger partial charge in [0.05, 0.1) is 29.7 Å². The van der Waals surface area contributed by atoms with Crippen LogP contribution in [-0.2, 0) is 0 Å². The minimum Gasteiger partial charge on any atom is -0.493 e. The minimum absolute atomic E-state index is 0.00954. The van der Waals surface area contributed by atoms with Crippen LogP contribution in [0.1, 0.15) is 5.56 Å². The summed E-state index contributed by atoms with van der Waals surface area (Å²) in [5.74, 6) is -0.671. The van der Waals surface area contributed by atoms with E-state index in [4.69, 9.17) is 14.7 Å². The van der Waals surface area contributed by atoms with Gasteiger partial charge in [0, 0.05) is 6.07 Å². The molecule has 0 N–H and O–H groups in total. The Labute approximate surface area is 119 Å². The van der Waals surface area contributed by atoms with Crippen molar-refractivity contribution in [3.05, 3.63) is 57.9 Å². The molecule has 2 aromatic rings. The van der Waals surface area contributed by atoms with Crippen LogP contribution < -0.4 is 9.47 Å². The lowest BCUT2D eigenvalue weighted by Gasteiger charge is -2.10. The van der Waals surface area contributed by atoms with E-state index in [0.717, 1.165) is 12.1 Å². The van der Waals surface area contributed by atoms with E-state index >= 15 is 0 Å². The van der Waals surface area contributed by atoms with Crippen molar-refractivity contribution in [1.29, 1.82) is 5.26 Å². The molecule has 0 fully saturated rings. The first-order valence-corrected chi connectivity index (χ1v) is 5.75. The van der Waals surface area contributed by atoms with Crippen molar-refractivity contribution < 1.29 is 18.8 Å². The van der Waals surface area contributed by atoms with E-state index in [2.05, 4.69) is 0 Å². The average Bonchev–Trinajstić information content (AvgIpc) is 2.49. The maximum Gasteiger partial charge on any atom is 0.273 e. The topological polar surface area (TPSA) is 85.4 Å². The van der Waals surface area contributed by atoms with Gasteiger partial charge in [-0.1, -0.05) is 0 Å². The van der Waals surface area contributed by atoms with Crippen molar-refractivity contribution in [2.75, 3.05) is 7.11 Å². The van der Waals surface area contributed by atoms with E-state index in [1.165, 1.54) is 31.4 Å². The van der Waals surface area contributed by atoms with E-state index in [-0.39, 0.29) is 28.5 Å². The van der Waals surface area contributed by atoms with Crippen LogP contribution in [0.2, 0.25) is 0 Å². The lowest BCUT2D eigenvalue weighted by Crippen LogP contribution is -1.95. The molecule has 0 aliphatic heterocycles. The number of rotatable bonds is 4. The van der Waals surface area contributed by atoms with Gasteiger partial charge in [0.25, 0.3) is 5.69 Å². The third kappa shape index (κ3) is 3.06. The van der Waals surface area contributed by atoms with Crippen LogP contribution in [0.5, 0.6) is 17.2 Å². The highest BCUT2D eigenvalue weighted by Crippen LogP contribution is 2.35. The molecule has 0 radical (unpaired) electrons. The lowest BCUT2D eigenvalue weighted by atomic mass is 10.2. The summed E-state index contributed by atoms with van der Waals surface area (Å²) in [6, 6.07) is 9.20. The zero-order valence-corrected chi connectivity index (χ0v) is 10.9. The Hall–Kier alpha value is -3.14. The second kappa shape index (κ2) is 5.88. The van der Waals surface area contributed by atoms with Gasteiger partial charge in [-0.3, -0.25) is 10.1 Å². The fourth-order valence-electron chi connectivity index (χ4n) is 1.63. The normalized spacial score (nSPS) is 9.76. The quantitative estimate of drug-likeness (QED) is 0.635. The van der Waals surface area contributed by atoms with Gasteiger partial charge in [-0.2, -0.15) is 5.26 Å². The fraction of sp³-hybridized carbons (Fsp3) is 0.0714. The van der Waals surface area contributed by atoms with E-state index in [1.54, 1.807) is 6.07 Å². The minimum atomic E-state index is -0.748. The number of nitro benzene ring substituents is 1. The molecule has 6 nitrogen and oxygen atoms in total. The van der Waals surface area contributed by atoms with Crippen molar-refractivity contribution in [2.45, 2.75) is 0 Å². The summed E-state index contributed by atoms with van der Waals surface area (Å²) >= 11 is 0. The Morgan fingerprint density at radius 3 is 2.48 bits per heavy atom. The second-order valence-electron chi connectivity index (χ2n) is 3.95. The molecule has 0 saturated carbocycles.